The minimum absolute atomic E-state index is 0.0457. The maximum Gasteiger partial charge on any atom is 0.176 e. The topological polar surface area (TPSA) is 20.3 Å². The lowest BCUT2D eigenvalue weighted by molar-refractivity contribution is 0.0921. The van der Waals surface area contributed by atoms with E-state index >= 15 is 0 Å². The van der Waals surface area contributed by atoms with Gasteiger partial charge in [-0.25, -0.2) is 4.39 Å². The molecule has 3 rings (SSSR count). The Morgan fingerprint density at radius 2 is 1.75 bits per heavy atom. The normalized spacial score (nSPS) is 14.8. The van der Waals surface area contributed by atoms with Crippen molar-refractivity contribution in [1.29, 1.82) is 0 Å². The summed E-state index contributed by atoms with van der Waals surface area (Å²) in [5, 5.41) is 0. The van der Waals surface area contributed by atoms with Crippen molar-refractivity contribution in [3.05, 3.63) is 71.0 Å². The molecule has 0 spiro atoms. The van der Waals surface area contributed by atoms with Gasteiger partial charge in [0.25, 0.3) is 0 Å². The molecule has 0 aromatic heterocycles. The molecule has 1 aliphatic heterocycles. The van der Waals surface area contributed by atoms with Gasteiger partial charge in [0.15, 0.2) is 5.78 Å². The smallest absolute Gasteiger partial charge is 0.176 e. The van der Waals surface area contributed by atoms with Crippen LogP contribution in [-0.4, -0.2) is 23.8 Å². The van der Waals surface area contributed by atoms with Crippen LogP contribution in [0.4, 0.5) is 4.39 Å². The van der Waals surface area contributed by atoms with Gasteiger partial charge < -0.3 is 0 Å². The second-order valence-corrected chi connectivity index (χ2v) is 5.16. The molecule has 2 aromatic rings. The summed E-state index contributed by atoms with van der Waals surface area (Å²) >= 11 is 0. The highest BCUT2D eigenvalue weighted by molar-refractivity contribution is 5.97. The first-order valence-electron chi connectivity index (χ1n) is 6.80. The van der Waals surface area contributed by atoms with E-state index in [9.17, 15) is 9.18 Å². The average Bonchev–Trinajstić information content (AvgIpc) is 2.48. The van der Waals surface area contributed by atoms with Crippen LogP contribution in [-0.2, 0) is 13.0 Å². The van der Waals surface area contributed by atoms with Crippen molar-refractivity contribution in [2.24, 2.45) is 0 Å². The number of carbonyl (C=O) groups excluding carboxylic acids is 1. The van der Waals surface area contributed by atoms with Crippen LogP contribution >= 0.6 is 0 Å². The van der Waals surface area contributed by atoms with Gasteiger partial charge in [-0.05, 0) is 41.8 Å². The largest absolute Gasteiger partial charge is 0.293 e. The molecule has 3 heteroatoms. The fourth-order valence-electron chi connectivity index (χ4n) is 2.62. The third kappa shape index (κ3) is 2.78. The van der Waals surface area contributed by atoms with Gasteiger partial charge in [-0.3, -0.25) is 9.69 Å². The number of rotatable bonds is 3. The summed E-state index contributed by atoms with van der Waals surface area (Å²) < 4.78 is 12.9. The molecule has 20 heavy (non-hydrogen) atoms. The Balaban J connectivity index is 1.67. The number of benzene rings is 2. The van der Waals surface area contributed by atoms with E-state index in [2.05, 4.69) is 23.1 Å². The number of nitrogens with zero attached hydrogens (tertiary/aromatic N) is 1. The Kier molecular flexibility index (Phi) is 3.61. The maximum absolute atomic E-state index is 12.9. The highest BCUT2D eigenvalue weighted by atomic mass is 19.1. The zero-order valence-electron chi connectivity index (χ0n) is 11.2. The van der Waals surface area contributed by atoms with Crippen LogP contribution in [0.25, 0.3) is 0 Å². The lowest BCUT2D eigenvalue weighted by atomic mass is 9.99. The second-order valence-electron chi connectivity index (χ2n) is 5.16. The molecule has 0 radical (unpaired) electrons. The summed E-state index contributed by atoms with van der Waals surface area (Å²) in [6.45, 7) is 2.09. The first-order valence-corrected chi connectivity index (χ1v) is 6.80. The molecule has 0 unspecified atom stereocenters. The van der Waals surface area contributed by atoms with Crippen molar-refractivity contribution in [3.8, 4) is 0 Å². The van der Waals surface area contributed by atoms with E-state index in [1.807, 2.05) is 6.07 Å². The van der Waals surface area contributed by atoms with Crippen LogP contribution < -0.4 is 0 Å². The van der Waals surface area contributed by atoms with E-state index in [1.54, 1.807) is 12.1 Å². The highest BCUT2D eigenvalue weighted by Gasteiger charge is 2.18. The minimum Gasteiger partial charge on any atom is -0.293 e. The minimum atomic E-state index is -0.312. The first kappa shape index (κ1) is 13.0. The summed E-state index contributed by atoms with van der Waals surface area (Å²) in [7, 11) is 0. The van der Waals surface area contributed by atoms with Gasteiger partial charge in [0.05, 0.1) is 6.54 Å². The van der Waals surface area contributed by atoms with E-state index in [-0.39, 0.29) is 11.6 Å². The van der Waals surface area contributed by atoms with Crippen molar-refractivity contribution < 1.29 is 9.18 Å². The van der Waals surface area contributed by atoms with Crippen LogP contribution in [0.15, 0.2) is 48.5 Å². The molecule has 0 saturated carbocycles. The average molecular weight is 269 g/mol. The zero-order chi connectivity index (χ0) is 13.9. The third-order valence-electron chi connectivity index (χ3n) is 3.74. The molecule has 0 aliphatic carbocycles. The summed E-state index contributed by atoms with van der Waals surface area (Å²) in [4.78, 5) is 14.3. The van der Waals surface area contributed by atoms with Gasteiger partial charge in [0.1, 0.15) is 5.82 Å². The van der Waals surface area contributed by atoms with Gasteiger partial charge >= 0.3 is 0 Å². The quantitative estimate of drug-likeness (QED) is 0.798. The van der Waals surface area contributed by atoms with E-state index in [1.165, 1.54) is 23.3 Å². The van der Waals surface area contributed by atoms with E-state index in [0.29, 0.717) is 12.1 Å². The monoisotopic (exact) mass is 269 g/mol. The molecule has 0 N–H and O–H groups in total. The van der Waals surface area contributed by atoms with Gasteiger partial charge in [-0.1, -0.05) is 24.3 Å². The summed E-state index contributed by atoms with van der Waals surface area (Å²) in [5.74, 6) is -0.266. The summed E-state index contributed by atoms with van der Waals surface area (Å²) in [5.41, 5.74) is 3.24. The molecule has 0 bridgehead atoms. The molecule has 1 heterocycles. The van der Waals surface area contributed by atoms with Crippen LogP contribution in [0.5, 0.6) is 0 Å². The molecule has 1 aliphatic rings. The molecule has 2 nitrogen and oxygen atoms in total. The number of hydrogen-bond donors (Lipinski definition) is 0. The Labute approximate surface area is 117 Å². The molecule has 102 valence electrons. The number of carbonyl (C=O) groups is 1. The van der Waals surface area contributed by atoms with Gasteiger partial charge in [-0.2, -0.15) is 0 Å². The van der Waals surface area contributed by atoms with Crippen LogP contribution in [0.1, 0.15) is 21.5 Å². The van der Waals surface area contributed by atoms with Crippen LogP contribution in [0.3, 0.4) is 0 Å². The SMILES string of the molecule is O=C(CN1CCc2ccccc2C1)c1ccc(F)cc1. The molecular weight excluding hydrogens is 253 g/mol. The maximum atomic E-state index is 12.9. The van der Waals surface area contributed by atoms with Crippen LogP contribution in [0.2, 0.25) is 0 Å². The van der Waals surface area contributed by atoms with E-state index < -0.39 is 0 Å². The summed E-state index contributed by atoms with van der Waals surface area (Å²) in [6.07, 6.45) is 0.979. The van der Waals surface area contributed by atoms with Crippen molar-refractivity contribution in [2.75, 3.05) is 13.1 Å². The number of hydrogen-bond acceptors (Lipinski definition) is 2. The molecule has 0 fully saturated rings. The standard InChI is InChI=1S/C17H16FNO/c18-16-7-5-14(6-8-16)17(20)12-19-10-9-13-3-1-2-4-15(13)11-19/h1-8H,9-12H2. The molecule has 0 amide bonds. The first-order chi connectivity index (χ1) is 9.72. The predicted octanol–water partition coefficient (Wildman–Crippen LogP) is 3.07. The van der Waals surface area contributed by atoms with Gasteiger partial charge in [0.2, 0.25) is 0 Å². The highest BCUT2D eigenvalue weighted by Crippen LogP contribution is 2.18. The van der Waals surface area contributed by atoms with Crippen molar-refractivity contribution in [3.63, 3.8) is 0 Å². The lowest BCUT2D eigenvalue weighted by Gasteiger charge is -2.28. The molecule has 2 aromatic carbocycles. The van der Waals surface area contributed by atoms with E-state index in [4.69, 9.17) is 0 Å². The number of ketones is 1. The Bertz CT molecular complexity index is 621. The predicted molar refractivity (Wildman–Crippen MR) is 76.2 cm³/mol. The molecular formula is C17H16FNO. The van der Waals surface area contributed by atoms with Crippen molar-refractivity contribution >= 4 is 5.78 Å². The number of halogens is 1. The second kappa shape index (κ2) is 5.55. The fraction of sp³-hybridized carbons (Fsp3) is 0.235. The lowest BCUT2D eigenvalue weighted by Crippen LogP contribution is -2.34. The van der Waals surface area contributed by atoms with Crippen molar-refractivity contribution in [1.82, 2.24) is 4.90 Å². The Morgan fingerprint density at radius 3 is 2.50 bits per heavy atom. The molecule has 0 saturated heterocycles. The Morgan fingerprint density at radius 1 is 1.05 bits per heavy atom. The summed E-state index contributed by atoms with van der Waals surface area (Å²) in [6, 6.07) is 14.1. The van der Waals surface area contributed by atoms with E-state index in [0.717, 1.165) is 19.5 Å². The zero-order valence-corrected chi connectivity index (χ0v) is 11.2. The molecule has 0 atom stereocenters. The fourth-order valence-corrected chi connectivity index (χ4v) is 2.62. The van der Waals surface area contributed by atoms with Crippen molar-refractivity contribution in [2.45, 2.75) is 13.0 Å². The number of fused-ring (bicyclic) bond motifs is 1. The third-order valence-corrected chi connectivity index (χ3v) is 3.74. The Hall–Kier alpha value is -2.00. The van der Waals surface area contributed by atoms with Crippen LogP contribution in [0, 0.1) is 5.82 Å². The van der Waals surface area contributed by atoms with Gasteiger partial charge in [0, 0.05) is 18.7 Å². The van der Waals surface area contributed by atoms with Gasteiger partial charge in [-0.15, -0.1) is 0 Å². The number of Topliss-reactive ketones (excluding diaryl/α,β-unsaturated/α-hetero) is 1.